The molecule has 41 heavy (non-hydrogen) atoms. The number of aromatic nitrogens is 4. The minimum absolute atomic E-state index is 0.165. The molecule has 0 saturated carbocycles. The molecular weight excluding hydrogens is 523 g/mol. The fraction of sp³-hybridized carbons (Fsp3) is 0.156. The SMILES string of the molecule is COCCn1c(Cc2ccc(-c3cccc(OCc4cccc5cc[nH]c45)n3)cc2F)nc2ccc(C(=O)O)cc21. The van der Waals surface area contributed by atoms with Gasteiger partial charge >= 0.3 is 5.97 Å². The smallest absolute Gasteiger partial charge is 0.335 e. The topological polar surface area (TPSA) is 102 Å². The number of ether oxygens (including phenoxy) is 2. The van der Waals surface area contributed by atoms with Crippen LogP contribution in [0.4, 0.5) is 4.39 Å². The Labute approximate surface area is 235 Å². The van der Waals surface area contributed by atoms with E-state index in [0.29, 0.717) is 59.3 Å². The number of hydrogen-bond donors (Lipinski definition) is 2. The van der Waals surface area contributed by atoms with Crippen LogP contribution in [0.25, 0.3) is 33.2 Å². The maximum absolute atomic E-state index is 15.4. The average Bonchev–Trinajstić information content (AvgIpc) is 3.60. The van der Waals surface area contributed by atoms with Gasteiger partial charge in [0.2, 0.25) is 5.88 Å². The van der Waals surface area contributed by atoms with Gasteiger partial charge in [0.25, 0.3) is 0 Å². The number of carboxylic acid groups (broad SMARTS) is 1. The first-order chi connectivity index (χ1) is 20.0. The Morgan fingerprint density at radius 1 is 1.00 bits per heavy atom. The summed E-state index contributed by atoms with van der Waals surface area (Å²) in [6.45, 7) is 1.21. The number of carboxylic acids is 1. The number of H-pyrrole nitrogens is 1. The lowest BCUT2D eigenvalue weighted by molar-refractivity contribution is 0.0697. The molecule has 8 nitrogen and oxygen atoms in total. The Balaban J connectivity index is 1.23. The summed E-state index contributed by atoms with van der Waals surface area (Å²) >= 11 is 0. The van der Waals surface area contributed by atoms with Crippen LogP contribution in [0.2, 0.25) is 0 Å². The van der Waals surface area contributed by atoms with Gasteiger partial charge in [-0.2, -0.15) is 0 Å². The van der Waals surface area contributed by atoms with Crippen LogP contribution in [0.3, 0.4) is 0 Å². The number of methoxy groups -OCH3 is 1. The molecule has 3 aromatic carbocycles. The fourth-order valence-corrected chi connectivity index (χ4v) is 4.97. The van der Waals surface area contributed by atoms with Gasteiger partial charge in [0.15, 0.2) is 0 Å². The van der Waals surface area contributed by atoms with E-state index in [9.17, 15) is 9.90 Å². The van der Waals surface area contributed by atoms with Gasteiger partial charge in [0, 0.05) is 43.5 Å². The van der Waals surface area contributed by atoms with E-state index in [4.69, 9.17) is 9.47 Å². The summed E-state index contributed by atoms with van der Waals surface area (Å²) in [7, 11) is 1.59. The maximum atomic E-state index is 15.4. The van der Waals surface area contributed by atoms with Gasteiger partial charge in [0.1, 0.15) is 18.2 Å². The molecule has 3 aromatic heterocycles. The number of fused-ring (bicyclic) bond motifs is 2. The lowest BCUT2D eigenvalue weighted by Gasteiger charge is -2.11. The molecule has 6 rings (SSSR count). The highest BCUT2D eigenvalue weighted by Gasteiger charge is 2.16. The Morgan fingerprint density at radius 2 is 1.88 bits per heavy atom. The Bertz CT molecular complexity index is 1880. The second-order valence-corrected chi connectivity index (χ2v) is 9.67. The number of carbonyl (C=O) groups is 1. The molecular formula is C32H27FN4O4. The lowest BCUT2D eigenvalue weighted by atomic mass is 10.1. The van der Waals surface area contributed by atoms with Gasteiger partial charge < -0.3 is 24.1 Å². The number of benzene rings is 3. The zero-order chi connectivity index (χ0) is 28.3. The van der Waals surface area contributed by atoms with E-state index < -0.39 is 5.97 Å². The number of aromatic amines is 1. The average molecular weight is 551 g/mol. The van der Waals surface area contributed by atoms with E-state index in [1.165, 1.54) is 12.1 Å². The van der Waals surface area contributed by atoms with Crippen LogP contribution in [0.15, 0.2) is 85.1 Å². The number of rotatable bonds is 10. The molecule has 6 aromatic rings. The second kappa shape index (κ2) is 11.2. The van der Waals surface area contributed by atoms with Crippen molar-refractivity contribution in [1.82, 2.24) is 19.5 Å². The predicted octanol–water partition coefficient (Wildman–Crippen LogP) is 6.23. The van der Waals surface area contributed by atoms with Crippen molar-refractivity contribution in [2.45, 2.75) is 19.6 Å². The first-order valence-electron chi connectivity index (χ1n) is 13.1. The summed E-state index contributed by atoms with van der Waals surface area (Å²) in [5.74, 6) is -0.332. The van der Waals surface area contributed by atoms with Crippen molar-refractivity contribution in [2.24, 2.45) is 0 Å². The van der Waals surface area contributed by atoms with Crippen molar-refractivity contribution in [3.05, 3.63) is 113 Å². The maximum Gasteiger partial charge on any atom is 0.335 e. The molecule has 0 radical (unpaired) electrons. The minimum atomic E-state index is -1.02. The molecule has 0 spiro atoms. The second-order valence-electron chi connectivity index (χ2n) is 9.67. The van der Waals surface area contributed by atoms with Crippen molar-refractivity contribution in [2.75, 3.05) is 13.7 Å². The van der Waals surface area contributed by atoms with Crippen LogP contribution in [0.1, 0.15) is 27.3 Å². The quantitative estimate of drug-likeness (QED) is 0.210. The van der Waals surface area contributed by atoms with Crippen molar-refractivity contribution in [3.8, 4) is 17.1 Å². The van der Waals surface area contributed by atoms with Crippen LogP contribution < -0.4 is 4.74 Å². The van der Waals surface area contributed by atoms with Crippen molar-refractivity contribution >= 4 is 27.9 Å². The first kappa shape index (κ1) is 26.2. The number of nitrogens with one attached hydrogen (secondary N) is 1. The summed E-state index contributed by atoms with van der Waals surface area (Å²) in [6.07, 6.45) is 2.13. The van der Waals surface area contributed by atoms with E-state index >= 15 is 4.39 Å². The molecule has 0 bridgehead atoms. The third-order valence-corrected chi connectivity index (χ3v) is 7.06. The van der Waals surface area contributed by atoms with Crippen LogP contribution in [-0.2, 0) is 24.3 Å². The van der Waals surface area contributed by atoms with Gasteiger partial charge in [-0.25, -0.2) is 19.2 Å². The largest absolute Gasteiger partial charge is 0.478 e. The monoisotopic (exact) mass is 550 g/mol. The molecule has 0 aliphatic rings. The molecule has 2 N–H and O–H groups in total. The molecule has 0 saturated heterocycles. The van der Waals surface area contributed by atoms with Crippen LogP contribution in [0.5, 0.6) is 5.88 Å². The van der Waals surface area contributed by atoms with Gasteiger partial charge in [-0.05, 0) is 47.3 Å². The molecule has 0 atom stereocenters. The number of halogens is 1. The molecule has 0 aliphatic carbocycles. The third kappa shape index (κ3) is 5.39. The number of pyridine rings is 1. The fourth-order valence-electron chi connectivity index (χ4n) is 4.97. The number of imidazole rings is 1. The Hall–Kier alpha value is -5.02. The van der Waals surface area contributed by atoms with E-state index in [1.807, 2.05) is 53.2 Å². The zero-order valence-electron chi connectivity index (χ0n) is 22.3. The summed E-state index contributed by atoms with van der Waals surface area (Å²) in [5, 5.41) is 10.5. The van der Waals surface area contributed by atoms with E-state index in [-0.39, 0.29) is 17.8 Å². The van der Waals surface area contributed by atoms with Crippen LogP contribution in [-0.4, -0.2) is 44.3 Å². The summed E-state index contributed by atoms with van der Waals surface area (Å²) in [6, 6.07) is 23.3. The van der Waals surface area contributed by atoms with E-state index in [2.05, 4.69) is 15.0 Å². The normalized spacial score (nSPS) is 11.4. The van der Waals surface area contributed by atoms with Crippen LogP contribution in [0, 0.1) is 5.82 Å². The summed E-state index contributed by atoms with van der Waals surface area (Å²) in [4.78, 5) is 24.0. The number of hydrogen-bond acceptors (Lipinski definition) is 5. The van der Waals surface area contributed by atoms with Gasteiger partial charge in [0.05, 0.1) is 34.4 Å². The third-order valence-electron chi connectivity index (χ3n) is 7.06. The molecule has 9 heteroatoms. The van der Waals surface area contributed by atoms with Crippen molar-refractivity contribution in [3.63, 3.8) is 0 Å². The molecule has 3 heterocycles. The summed E-state index contributed by atoms with van der Waals surface area (Å²) in [5.41, 5.74) is 5.21. The number of nitrogens with zero attached hydrogens (tertiary/aromatic N) is 3. The Kier molecular flexibility index (Phi) is 7.18. The minimum Gasteiger partial charge on any atom is -0.478 e. The highest BCUT2D eigenvalue weighted by molar-refractivity contribution is 5.92. The highest BCUT2D eigenvalue weighted by atomic mass is 19.1. The van der Waals surface area contributed by atoms with Crippen LogP contribution >= 0.6 is 0 Å². The van der Waals surface area contributed by atoms with Crippen molar-refractivity contribution < 1.29 is 23.8 Å². The van der Waals surface area contributed by atoms with Crippen molar-refractivity contribution in [1.29, 1.82) is 0 Å². The molecule has 0 unspecified atom stereocenters. The molecule has 206 valence electrons. The number of para-hydroxylation sites is 1. The van der Waals surface area contributed by atoms with E-state index in [0.717, 1.165) is 16.5 Å². The van der Waals surface area contributed by atoms with E-state index in [1.54, 1.807) is 31.4 Å². The molecule has 0 amide bonds. The lowest BCUT2D eigenvalue weighted by Crippen LogP contribution is -2.10. The van der Waals surface area contributed by atoms with Gasteiger partial charge in [-0.3, -0.25) is 0 Å². The first-order valence-corrected chi connectivity index (χ1v) is 13.1. The molecule has 0 aliphatic heterocycles. The standard InChI is InChI=1S/C32H27FN4O4/c1-40-15-14-37-28-17-23(32(38)39)10-11-27(28)35-29(37)18-21-8-9-22(16-25(21)33)26-6-3-7-30(36-26)41-19-24-5-2-4-20-12-13-34-31(20)24/h2-13,16-17,34H,14-15,18-19H2,1H3,(H,38,39). The molecule has 0 fully saturated rings. The van der Waals surface area contributed by atoms with Gasteiger partial charge in [-0.1, -0.05) is 36.4 Å². The highest BCUT2D eigenvalue weighted by Crippen LogP contribution is 2.26. The number of aromatic carboxylic acids is 1. The van der Waals surface area contributed by atoms with Gasteiger partial charge in [-0.15, -0.1) is 0 Å². The predicted molar refractivity (Wildman–Crippen MR) is 154 cm³/mol. The summed E-state index contributed by atoms with van der Waals surface area (Å²) < 4.78 is 28.5. The Morgan fingerprint density at radius 3 is 2.71 bits per heavy atom. The zero-order valence-corrected chi connectivity index (χ0v) is 22.3.